The van der Waals surface area contributed by atoms with Crippen LogP contribution in [0.4, 0.5) is 0 Å². The van der Waals surface area contributed by atoms with E-state index in [1.165, 1.54) is 12.8 Å². The number of carbonyl (C=O) groups is 1. The zero-order chi connectivity index (χ0) is 19.9. The van der Waals surface area contributed by atoms with Crippen LogP contribution in [0.25, 0.3) is 0 Å². The van der Waals surface area contributed by atoms with E-state index in [0.29, 0.717) is 19.0 Å². The van der Waals surface area contributed by atoms with Crippen LogP contribution in [0.1, 0.15) is 59.3 Å². The molecular weight excluding hydrogens is 491 g/mol. The summed E-state index contributed by atoms with van der Waals surface area (Å²) in [4.78, 5) is 16.5. The van der Waals surface area contributed by atoms with Gasteiger partial charge >= 0.3 is 0 Å². The van der Waals surface area contributed by atoms with Crippen molar-refractivity contribution in [1.29, 1.82) is 0 Å². The van der Waals surface area contributed by atoms with Crippen molar-refractivity contribution in [1.82, 2.24) is 16.0 Å². The number of nitrogens with one attached hydrogen (secondary N) is 3. The van der Waals surface area contributed by atoms with Crippen molar-refractivity contribution in [2.75, 3.05) is 24.6 Å². The Hall–Kier alpha value is -0.580. The zero-order valence-corrected chi connectivity index (χ0v) is 20.5. The third-order valence-electron chi connectivity index (χ3n) is 5.61. The van der Waals surface area contributed by atoms with Crippen LogP contribution in [0.5, 0.6) is 0 Å². The van der Waals surface area contributed by atoms with E-state index in [2.05, 4.69) is 34.8 Å². The minimum Gasteiger partial charge on any atom is -0.357 e. The number of halogens is 1. The number of aliphatic imine (C=N–C) groups is 1. The topological polar surface area (TPSA) is 99.7 Å². The Labute approximate surface area is 187 Å². The number of amides is 1. The summed E-state index contributed by atoms with van der Waals surface area (Å²) in [6, 6.07) is 0.198. The summed E-state index contributed by atoms with van der Waals surface area (Å²) >= 11 is 0. The second-order valence-corrected chi connectivity index (χ2v) is 10.4. The number of rotatable bonds is 7. The van der Waals surface area contributed by atoms with Gasteiger partial charge in [-0.25, -0.2) is 8.42 Å². The molecule has 0 aromatic rings. The molecule has 3 N–H and O–H groups in total. The van der Waals surface area contributed by atoms with E-state index in [-0.39, 0.29) is 53.9 Å². The fraction of sp³-hybridized carbons (Fsp3) is 0.895. The smallest absolute Gasteiger partial charge is 0.222 e. The number of guanidine groups is 1. The van der Waals surface area contributed by atoms with E-state index < -0.39 is 9.84 Å². The summed E-state index contributed by atoms with van der Waals surface area (Å²) < 4.78 is 22.9. The standard InChI is InChI=1S/C19H36N4O3S.HI/c1-4-20-19(23-16-7-5-15(6-8-16)14(2)3)21-11-9-18(24)22-17-10-12-27(25,26)13-17;/h14-17H,4-13H2,1-3H3,(H,22,24)(H2,20,21,23);1H. The molecular formula is C19H37IN4O3S. The van der Waals surface area contributed by atoms with Gasteiger partial charge in [-0.05, 0) is 50.9 Å². The van der Waals surface area contributed by atoms with Crippen molar-refractivity contribution < 1.29 is 13.2 Å². The molecule has 2 rings (SSSR count). The second kappa shape index (κ2) is 12.2. The highest BCUT2D eigenvalue weighted by molar-refractivity contribution is 14.0. The van der Waals surface area contributed by atoms with E-state index in [1.54, 1.807) is 0 Å². The van der Waals surface area contributed by atoms with Gasteiger partial charge < -0.3 is 16.0 Å². The molecule has 0 bridgehead atoms. The molecule has 1 unspecified atom stereocenters. The van der Waals surface area contributed by atoms with Gasteiger partial charge in [-0.15, -0.1) is 24.0 Å². The summed E-state index contributed by atoms with van der Waals surface area (Å²) in [5.74, 6) is 2.44. The Balaban J connectivity index is 0.00000392. The summed E-state index contributed by atoms with van der Waals surface area (Å²) in [5, 5.41) is 9.56. The van der Waals surface area contributed by atoms with E-state index in [9.17, 15) is 13.2 Å². The van der Waals surface area contributed by atoms with Gasteiger partial charge in [-0.3, -0.25) is 9.79 Å². The van der Waals surface area contributed by atoms with E-state index in [4.69, 9.17) is 0 Å². The van der Waals surface area contributed by atoms with Gasteiger partial charge in [0.2, 0.25) is 5.91 Å². The van der Waals surface area contributed by atoms with Crippen molar-refractivity contribution in [2.45, 2.75) is 71.4 Å². The van der Waals surface area contributed by atoms with Gasteiger partial charge in [-0.1, -0.05) is 13.8 Å². The molecule has 1 amide bonds. The number of hydrogen-bond donors (Lipinski definition) is 3. The first kappa shape index (κ1) is 25.5. The molecule has 7 nitrogen and oxygen atoms in total. The van der Waals surface area contributed by atoms with Gasteiger partial charge in [0.25, 0.3) is 0 Å². The lowest BCUT2D eigenvalue weighted by Crippen LogP contribution is -2.45. The molecule has 0 radical (unpaired) electrons. The average molecular weight is 529 g/mol. The maximum atomic E-state index is 12.0. The lowest BCUT2D eigenvalue weighted by atomic mass is 9.80. The molecule has 2 aliphatic rings. The minimum atomic E-state index is -2.97. The van der Waals surface area contributed by atoms with Crippen LogP contribution in [0, 0.1) is 11.8 Å². The van der Waals surface area contributed by atoms with Crippen LogP contribution in [0.15, 0.2) is 4.99 Å². The Kier molecular flexibility index (Phi) is 11.1. The highest BCUT2D eigenvalue weighted by atomic mass is 127. The van der Waals surface area contributed by atoms with Crippen LogP contribution in [0.2, 0.25) is 0 Å². The molecule has 0 aromatic carbocycles. The molecule has 1 aliphatic carbocycles. The Morgan fingerprint density at radius 1 is 1.07 bits per heavy atom. The Morgan fingerprint density at radius 2 is 1.75 bits per heavy atom. The lowest BCUT2D eigenvalue weighted by Gasteiger charge is -2.32. The average Bonchev–Trinajstić information content (AvgIpc) is 2.94. The molecule has 9 heteroatoms. The second-order valence-electron chi connectivity index (χ2n) is 8.18. The van der Waals surface area contributed by atoms with E-state index in [1.807, 2.05) is 6.92 Å². The van der Waals surface area contributed by atoms with Crippen LogP contribution in [-0.4, -0.2) is 57.0 Å². The van der Waals surface area contributed by atoms with Crippen molar-refractivity contribution in [3.8, 4) is 0 Å². The third-order valence-corrected chi connectivity index (χ3v) is 7.37. The lowest BCUT2D eigenvalue weighted by molar-refractivity contribution is -0.121. The normalized spacial score (nSPS) is 27.1. The zero-order valence-electron chi connectivity index (χ0n) is 17.4. The number of nitrogens with zero attached hydrogens (tertiary/aromatic N) is 1. The van der Waals surface area contributed by atoms with E-state index in [0.717, 1.165) is 37.2 Å². The van der Waals surface area contributed by atoms with Gasteiger partial charge in [0.05, 0.1) is 18.1 Å². The number of sulfone groups is 1. The fourth-order valence-corrected chi connectivity index (χ4v) is 5.59. The largest absolute Gasteiger partial charge is 0.357 e. The van der Waals surface area contributed by atoms with Crippen LogP contribution in [-0.2, 0) is 14.6 Å². The van der Waals surface area contributed by atoms with Crippen molar-refractivity contribution in [3.63, 3.8) is 0 Å². The molecule has 1 saturated heterocycles. The first-order chi connectivity index (χ1) is 12.8. The molecule has 28 heavy (non-hydrogen) atoms. The summed E-state index contributed by atoms with van der Waals surface area (Å²) in [7, 11) is -2.97. The summed E-state index contributed by atoms with van der Waals surface area (Å²) in [6.07, 6.45) is 5.60. The summed E-state index contributed by atoms with van der Waals surface area (Å²) in [5.41, 5.74) is 0. The minimum absolute atomic E-state index is 0. The van der Waals surface area contributed by atoms with Crippen LogP contribution < -0.4 is 16.0 Å². The highest BCUT2D eigenvalue weighted by Crippen LogP contribution is 2.29. The van der Waals surface area contributed by atoms with Gasteiger partial charge in [-0.2, -0.15) is 0 Å². The van der Waals surface area contributed by atoms with Crippen molar-refractivity contribution in [2.24, 2.45) is 16.8 Å². The molecule has 164 valence electrons. The predicted molar refractivity (Wildman–Crippen MR) is 125 cm³/mol. The summed E-state index contributed by atoms with van der Waals surface area (Å²) in [6.45, 7) is 7.80. The molecule has 1 atom stereocenters. The first-order valence-corrected chi connectivity index (χ1v) is 12.2. The van der Waals surface area contributed by atoms with Gasteiger partial charge in [0, 0.05) is 25.0 Å². The molecule has 1 aliphatic heterocycles. The molecule has 1 heterocycles. The monoisotopic (exact) mass is 528 g/mol. The highest BCUT2D eigenvalue weighted by Gasteiger charge is 2.28. The molecule has 0 spiro atoms. The maximum Gasteiger partial charge on any atom is 0.222 e. The Bertz CT molecular complexity index is 617. The fourth-order valence-electron chi connectivity index (χ4n) is 3.92. The quantitative estimate of drug-likeness (QED) is 0.267. The third kappa shape index (κ3) is 8.84. The number of hydrogen-bond acceptors (Lipinski definition) is 4. The van der Waals surface area contributed by atoms with Crippen molar-refractivity contribution in [3.05, 3.63) is 0 Å². The number of carbonyl (C=O) groups excluding carboxylic acids is 1. The predicted octanol–water partition coefficient (Wildman–Crippen LogP) is 2.07. The van der Waals surface area contributed by atoms with E-state index >= 15 is 0 Å². The maximum absolute atomic E-state index is 12.0. The van der Waals surface area contributed by atoms with Crippen LogP contribution >= 0.6 is 24.0 Å². The van der Waals surface area contributed by atoms with Gasteiger partial charge in [0.15, 0.2) is 15.8 Å². The van der Waals surface area contributed by atoms with Gasteiger partial charge in [0.1, 0.15) is 0 Å². The molecule has 1 saturated carbocycles. The van der Waals surface area contributed by atoms with Crippen LogP contribution in [0.3, 0.4) is 0 Å². The first-order valence-electron chi connectivity index (χ1n) is 10.3. The SMILES string of the molecule is CCNC(=NCCC(=O)NC1CCS(=O)(=O)C1)NC1CCC(C(C)C)CC1.I. The molecule has 2 fully saturated rings. The molecule has 0 aromatic heterocycles. The Morgan fingerprint density at radius 3 is 2.29 bits per heavy atom. The van der Waals surface area contributed by atoms with Crippen molar-refractivity contribution >= 4 is 45.7 Å².